The number of aromatic nitrogens is 3. The van der Waals surface area contributed by atoms with Crippen LogP contribution in [0.1, 0.15) is 6.92 Å². The van der Waals surface area contributed by atoms with Crippen molar-refractivity contribution in [2.45, 2.75) is 6.92 Å². The van der Waals surface area contributed by atoms with E-state index in [4.69, 9.17) is 11.6 Å². The van der Waals surface area contributed by atoms with Crippen LogP contribution in [0, 0.1) is 0 Å². The lowest BCUT2D eigenvalue weighted by Gasteiger charge is -2.14. The second-order valence-electron chi connectivity index (χ2n) is 2.48. The van der Waals surface area contributed by atoms with Gasteiger partial charge >= 0.3 is 0 Å². The van der Waals surface area contributed by atoms with Crippen molar-refractivity contribution in [2.75, 3.05) is 29.7 Å². The van der Waals surface area contributed by atoms with E-state index in [9.17, 15) is 0 Å². The molecule has 0 bridgehead atoms. The molecule has 1 aromatic rings. The van der Waals surface area contributed by atoms with Gasteiger partial charge in [0.05, 0.1) is 0 Å². The molecule has 1 rings (SSSR count). The molecule has 0 radical (unpaired) electrons. The van der Waals surface area contributed by atoms with Crippen LogP contribution in [-0.2, 0) is 0 Å². The van der Waals surface area contributed by atoms with Crippen molar-refractivity contribution in [1.29, 1.82) is 0 Å². The van der Waals surface area contributed by atoms with Gasteiger partial charge in [0, 0.05) is 13.6 Å². The van der Waals surface area contributed by atoms with E-state index in [0.717, 1.165) is 6.54 Å². The Kier molecular flexibility index (Phi) is 2.80. The van der Waals surface area contributed by atoms with Gasteiger partial charge in [0.2, 0.25) is 17.8 Å². The number of nitrogens with two attached hydrogens (primary N) is 2. The van der Waals surface area contributed by atoms with E-state index in [1.54, 1.807) is 0 Å². The van der Waals surface area contributed by atoms with Crippen LogP contribution in [0.2, 0.25) is 0 Å². The number of nitrogens with zero attached hydrogens (tertiary/aromatic N) is 4. The summed E-state index contributed by atoms with van der Waals surface area (Å²) in [5.74, 6) is 6.07. The fourth-order valence-electron chi connectivity index (χ4n) is 0.757. The summed E-state index contributed by atoms with van der Waals surface area (Å²) in [6.45, 7) is 2.77. The first-order chi connectivity index (χ1) is 6.17. The topological polar surface area (TPSA) is 106 Å². The van der Waals surface area contributed by atoms with Crippen molar-refractivity contribution < 1.29 is 0 Å². The predicted octanol–water partition coefficient (Wildman–Crippen LogP) is -0.804. The van der Waals surface area contributed by atoms with Gasteiger partial charge in [-0.2, -0.15) is 15.0 Å². The first kappa shape index (κ1) is 9.46. The molecule has 0 saturated heterocycles. The maximum absolute atomic E-state index is 5.44. The molecule has 7 nitrogen and oxygen atoms in total. The summed E-state index contributed by atoms with van der Waals surface area (Å²) in [6, 6.07) is 0. The number of hydrogen-bond donors (Lipinski definition) is 3. The molecule has 1 aromatic heterocycles. The van der Waals surface area contributed by atoms with E-state index in [0.29, 0.717) is 5.95 Å². The van der Waals surface area contributed by atoms with Crippen LogP contribution < -0.4 is 21.9 Å². The molecule has 0 atom stereocenters. The van der Waals surface area contributed by atoms with Gasteiger partial charge in [0.1, 0.15) is 0 Å². The zero-order valence-corrected chi connectivity index (χ0v) is 7.65. The first-order valence-corrected chi connectivity index (χ1v) is 3.86. The zero-order valence-electron chi connectivity index (χ0n) is 7.65. The van der Waals surface area contributed by atoms with Crippen LogP contribution in [0.5, 0.6) is 0 Å². The van der Waals surface area contributed by atoms with Gasteiger partial charge in [-0.05, 0) is 6.92 Å². The van der Waals surface area contributed by atoms with Crippen molar-refractivity contribution in [3.63, 3.8) is 0 Å². The molecule has 0 aliphatic carbocycles. The third-order valence-corrected chi connectivity index (χ3v) is 1.59. The fraction of sp³-hybridized carbons (Fsp3) is 0.500. The smallest absolute Gasteiger partial charge is 0.243 e. The zero-order chi connectivity index (χ0) is 9.84. The Balaban J connectivity index is 3.01. The van der Waals surface area contributed by atoms with Crippen molar-refractivity contribution in [3.8, 4) is 0 Å². The normalized spacial score (nSPS) is 9.77. The SMILES string of the molecule is CCN(C)c1nc(N)nc(NN)n1. The molecular formula is C6H13N7. The lowest BCUT2D eigenvalue weighted by Crippen LogP contribution is -2.21. The summed E-state index contributed by atoms with van der Waals surface area (Å²) in [7, 11) is 1.86. The van der Waals surface area contributed by atoms with Gasteiger partial charge in [0.25, 0.3) is 0 Å². The summed E-state index contributed by atoms with van der Waals surface area (Å²) >= 11 is 0. The van der Waals surface area contributed by atoms with Crippen molar-refractivity contribution >= 4 is 17.8 Å². The number of rotatable bonds is 3. The fourth-order valence-corrected chi connectivity index (χ4v) is 0.757. The lowest BCUT2D eigenvalue weighted by molar-refractivity contribution is 0.887. The number of hydrogen-bond acceptors (Lipinski definition) is 7. The molecular weight excluding hydrogens is 170 g/mol. The molecule has 0 saturated carbocycles. The van der Waals surface area contributed by atoms with Crippen LogP contribution in [0.4, 0.5) is 17.8 Å². The minimum absolute atomic E-state index is 0.151. The number of hydrazine groups is 1. The molecule has 0 aliphatic rings. The molecule has 72 valence electrons. The molecule has 7 heteroatoms. The Hall–Kier alpha value is -1.63. The van der Waals surface area contributed by atoms with Gasteiger partial charge in [-0.1, -0.05) is 0 Å². The lowest BCUT2D eigenvalue weighted by atomic mass is 10.6. The molecule has 0 unspecified atom stereocenters. The monoisotopic (exact) mass is 183 g/mol. The molecule has 0 aromatic carbocycles. The third-order valence-electron chi connectivity index (χ3n) is 1.59. The van der Waals surface area contributed by atoms with Gasteiger partial charge in [-0.15, -0.1) is 0 Å². The van der Waals surface area contributed by atoms with E-state index >= 15 is 0 Å². The van der Waals surface area contributed by atoms with Crippen molar-refractivity contribution in [2.24, 2.45) is 5.84 Å². The maximum Gasteiger partial charge on any atom is 0.243 e. The standard InChI is InChI=1S/C6H13N7/c1-3-13(2)6-10-4(7)9-5(11-6)12-8/h3,8H2,1-2H3,(H3,7,9,10,11,12). The van der Waals surface area contributed by atoms with Gasteiger partial charge in [-0.3, -0.25) is 5.43 Å². The minimum Gasteiger partial charge on any atom is -0.368 e. The second kappa shape index (κ2) is 3.85. The average Bonchev–Trinajstić information content (AvgIpc) is 2.15. The molecule has 0 fully saturated rings. The molecule has 1 heterocycles. The van der Waals surface area contributed by atoms with Gasteiger partial charge in [-0.25, -0.2) is 5.84 Å². The van der Waals surface area contributed by atoms with E-state index in [-0.39, 0.29) is 11.9 Å². The van der Waals surface area contributed by atoms with Gasteiger partial charge in [0.15, 0.2) is 0 Å². The molecule has 0 amide bonds. The van der Waals surface area contributed by atoms with E-state index in [1.165, 1.54) is 0 Å². The van der Waals surface area contributed by atoms with Crippen LogP contribution in [-0.4, -0.2) is 28.5 Å². The summed E-state index contributed by atoms with van der Waals surface area (Å²) in [4.78, 5) is 13.5. The minimum atomic E-state index is 0.151. The summed E-state index contributed by atoms with van der Waals surface area (Å²) in [5.41, 5.74) is 7.76. The molecule has 5 N–H and O–H groups in total. The highest BCUT2D eigenvalue weighted by molar-refractivity contribution is 5.40. The van der Waals surface area contributed by atoms with E-state index in [1.807, 2.05) is 18.9 Å². The van der Waals surface area contributed by atoms with Crippen LogP contribution in [0.25, 0.3) is 0 Å². The highest BCUT2D eigenvalue weighted by Gasteiger charge is 2.05. The largest absolute Gasteiger partial charge is 0.368 e. The Morgan fingerprint density at radius 3 is 2.62 bits per heavy atom. The Morgan fingerprint density at radius 2 is 2.08 bits per heavy atom. The number of nitrogens with one attached hydrogen (secondary N) is 1. The number of anilines is 3. The van der Waals surface area contributed by atoms with Crippen LogP contribution >= 0.6 is 0 Å². The summed E-state index contributed by atoms with van der Waals surface area (Å²) < 4.78 is 0. The van der Waals surface area contributed by atoms with Crippen molar-refractivity contribution in [3.05, 3.63) is 0 Å². The van der Waals surface area contributed by atoms with Crippen LogP contribution in [0.3, 0.4) is 0 Å². The van der Waals surface area contributed by atoms with E-state index < -0.39 is 0 Å². The Bertz CT molecular complexity index is 286. The average molecular weight is 183 g/mol. The Labute approximate surface area is 76.1 Å². The Morgan fingerprint density at radius 1 is 1.38 bits per heavy atom. The molecule has 0 aliphatic heterocycles. The summed E-state index contributed by atoms with van der Waals surface area (Å²) in [6.07, 6.45) is 0. The van der Waals surface area contributed by atoms with Gasteiger partial charge < -0.3 is 10.6 Å². The van der Waals surface area contributed by atoms with E-state index in [2.05, 4.69) is 20.4 Å². The second-order valence-corrected chi connectivity index (χ2v) is 2.48. The maximum atomic E-state index is 5.44. The molecule has 13 heavy (non-hydrogen) atoms. The quantitative estimate of drug-likeness (QED) is 0.416. The third kappa shape index (κ3) is 2.15. The number of nitrogen functional groups attached to an aromatic ring is 2. The highest BCUT2D eigenvalue weighted by Crippen LogP contribution is 2.08. The highest BCUT2D eigenvalue weighted by atomic mass is 15.4. The molecule has 0 spiro atoms. The predicted molar refractivity (Wildman–Crippen MR) is 51.0 cm³/mol. The van der Waals surface area contributed by atoms with Crippen LogP contribution in [0.15, 0.2) is 0 Å². The van der Waals surface area contributed by atoms with Crippen molar-refractivity contribution in [1.82, 2.24) is 15.0 Å². The summed E-state index contributed by atoms with van der Waals surface area (Å²) in [5, 5.41) is 0. The first-order valence-electron chi connectivity index (χ1n) is 3.86.